The summed E-state index contributed by atoms with van der Waals surface area (Å²) in [4.78, 5) is 0. The Labute approximate surface area is 119 Å². The molecule has 4 heteroatoms. The van der Waals surface area contributed by atoms with Gasteiger partial charge in [0.1, 0.15) is 12.0 Å². The minimum atomic E-state index is -0.809. The average Bonchev–Trinajstić information content (AvgIpc) is 2.72. The molecule has 108 valence electrons. The van der Waals surface area contributed by atoms with Crippen LogP contribution in [-0.4, -0.2) is 35.2 Å². The van der Waals surface area contributed by atoms with Crippen molar-refractivity contribution >= 4 is 5.57 Å². The first kappa shape index (κ1) is 13.6. The quantitative estimate of drug-likeness (QED) is 0.774. The van der Waals surface area contributed by atoms with Gasteiger partial charge in [0.15, 0.2) is 0 Å². The first-order valence-electron chi connectivity index (χ1n) is 7.14. The molecule has 1 aliphatic carbocycles. The Kier molecular flexibility index (Phi) is 3.54. The predicted molar refractivity (Wildman–Crippen MR) is 77.1 cm³/mol. The summed E-state index contributed by atoms with van der Waals surface area (Å²) < 4.78 is 5.38. The summed E-state index contributed by atoms with van der Waals surface area (Å²) >= 11 is 0. The molecule has 1 atom stereocenters. The van der Waals surface area contributed by atoms with Crippen LogP contribution in [0.25, 0.3) is 5.57 Å². The lowest BCUT2D eigenvalue weighted by Gasteiger charge is -2.37. The van der Waals surface area contributed by atoms with Gasteiger partial charge in [-0.05, 0) is 31.2 Å². The Hall–Kier alpha value is -1.36. The Morgan fingerprint density at radius 2 is 1.85 bits per heavy atom. The highest BCUT2D eigenvalue weighted by atomic mass is 16.5. The fourth-order valence-electron chi connectivity index (χ4n) is 3.40. The fourth-order valence-corrected chi connectivity index (χ4v) is 3.40. The van der Waals surface area contributed by atoms with E-state index in [1.54, 1.807) is 7.11 Å². The van der Waals surface area contributed by atoms with Crippen LogP contribution in [0.5, 0.6) is 0 Å². The topological polar surface area (TPSA) is 61.7 Å². The summed E-state index contributed by atoms with van der Waals surface area (Å²) in [7, 11) is 1.73. The van der Waals surface area contributed by atoms with E-state index in [2.05, 4.69) is 5.32 Å². The van der Waals surface area contributed by atoms with E-state index < -0.39 is 11.8 Å². The molecule has 3 N–H and O–H groups in total. The molecule has 20 heavy (non-hydrogen) atoms. The summed E-state index contributed by atoms with van der Waals surface area (Å²) in [6.07, 6.45) is 2.80. The van der Waals surface area contributed by atoms with E-state index in [9.17, 15) is 10.2 Å². The van der Waals surface area contributed by atoms with Crippen molar-refractivity contribution in [2.24, 2.45) is 0 Å². The SMILES string of the molecule is COC1CCC2(CC1)NC(O)C(c1ccccc1)=C2O. The number of aliphatic hydroxyl groups excluding tert-OH is 2. The van der Waals surface area contributed by atoms with Crippen molar-refractivity contribution in [3.63, 3.8) is 0 Å². The van der Waals surface area contributed by atoms with Gasteiger partial charge in [-0.1, -0.05) is 30.3 Å². The molecule has 0 bridgehead atoms. The Morgan fingerprint density at radius 1 is 1.20 bits per heavy atom. The van der Waals surface area contributed by atoms with E-state index in [4.69, 9.17) is 4.74 Å². The van der Waals surface area contributed by atoms with E-state index in [1.807, 2.05) is 30.3 Å². The third kappa shape index (κ3) is 2.14. The molecule has 1 saturated carbocycles. The van der Waals surface area contributed by atoms with Gasteiger partial charge < -0.3 is 14.9 Å². The second kappa shape index (κ2) is 5.20. The van der Waals surface area contributed by atoms with Gasteiger partial charge in [0.2, 0.25) is 0 Å². The minimum Gasteiger partial charge on any atom is -0.510 e. The van der Waals surface area contributed by atoms with Crippen LogP contribution in [0.1, 0.15) is 31.2 Å². The molecule has 2 aliphatic rings. The van der Waals surface area contributed by atoms with Crippen molar-refractivity contribution in [2.45, 2.75) is 43.6 Å². The minimum absolute atomic E-state index is 0.258. The molecule has 1 aromatic rings. The van der Waals surface area contributed by atoms with Crippen molar-refractivity contribution in [1.29, 1.82) is 0 Å². The first-order chi connectivity index (χ1) is 9.66. The molecule has 0 saturated heterocycles. The summed E-state index contributed by atoms with van der Waals surface area (Å²) in [6.45, 7) is 0. The monoisotopic (exact) mass is 275 g/mol. The molecule has 3 rings (SSSR count). The van der Waals surface area contributed by atoms with Crippen LogP contribution in [0.4, 0.5) is 0 Å². The summed E-state index contributed by atoms with van der Waals surface area (Å²) in [6, 6.07) is 9.58. The van der Waals surface area contributed by atoms with Crippen LogP contribution in [-0.2, 0) is 4.74 Å². The van der Waals surface area contributed by atoms with Gasteiger partial charge in [-0.3, -0.25) is 5.32 Å². The maximum Gasteiger partial charge on any atom is 0.135 e. The lowest BCUT2D eigenvalue weighted by Crippen LogP contribution is -2.49. The third-order valence-corrected chi connectivity index (χ3v) is 4.60. The highest BCUT2D eigenvalue weighted by Crippen LogP contribution is 2.42. The molecule has 1 fully saturated rings. The maximum atomic E-state index is 10.7. The molecule has 1 unspecified atom stereocenters. The van der Waals surface area contributed by atoms with E-state index in [-0.39, 0.29) is 6.10 Å². The maximum absolute atomic E-state index is 10.7. The van der Waals surface area contributed by atoms with Gasteiger partial charge >= 0.3 is 0 Å². The zero-order valence-corrected chi connectivity index (χ0v) is 11.7. The zero-order chi connectivity index (χ0) is 14.2. The second-order valence-electron chi connectivity index (χ2n) is 5.69. The van der Waals surface area contributed by atoms with Crippen LogP contribution < -0.4 is 5.32 Å². The van der Waals surface area contributed by atoms with Gasteiger partial charge in [-0.2, -0.15) is 0 Å². The Morgan fingerprint density at radius 3 is 2.45 bits per heavy atom. The number of benzene rings is 1. The summed E-state index contributed by atoms with van der Waals surface area (Å²) in [5.41, 5.74) is 0.997. The number of methoxy groups -OCH3 is 1. The smallest absolute Gasteiger partial charge is 0.135 e. The van der Waals surface area contributed by atoms with Crippen molar-refractivity contribution in [3.8, 4) is 0 Å². The van der Waals surface area contributed by atoms with Crippen molar-refractivity contribution < 1.29 is 14.9 Å². The Bertz CT molecular complexity index is 504. The molecule has 4 nitrogen and oxygen atoms in total. The number of aliphatic hydroxyl groups is 2. The molecule has 1 aliphatic heterocycles. The lowest BCUT2D eigenvalue weighted by atomic mass is 9.79. The molecule has 0 radical (unpaired) electrons. The number of rotatable bonds is 2. The Balaban J connectivity index is 1.91. The molecule has 1 aromatic carbocycles. The highest BCUT2D eigenvalue weighted by Gasteiger charge is 2.47. The summed E-state index contributed by atoms with van der Waals surface area (Å²) in [5, 5.41) is 24.1. The molecular weight excluding hydrogens is 254 g/mol. The van der Waals surface area contributed by atoms with E-state index >= 15 is 0 Å². The van der Waals surface area contributed by atoms with Crippen LogP contribution >= 0.6 is 0 Å². The van der Waals surface area contributed by atoms with Gasteiger partial charge in [0, 0.05) is 12.7 Å². The van der Waals surface area contributed by atoms with Crippen molar-refractivity contribution in [3.05, 3.63) is 41.7 Å². The number of hydrogen-bond acceptors (Lipinski definition) is 4. The van der Waals surface area contributed by atoms with Gasteiger partial charge in [-0.25, -0.2) is 0 Å². The van der Waals surface area contributed by atoms with Crippen LogP contribution in [0.2, 0.25) is 0 Å². The third-order valence-electron chi connectivity index (χ3n) is 4.60. The number of nitrogens with one attached hydrogen (secondary N) is 1. The van der Waals surface area contributed by atoms with Gasteiger partial charge in [0.25, 0.3) is 0 Å². The van der Waals surface area contributed by atoms with Gasteiger partial charge in [0.05, 0.1) is 11.6 Å². The highest BCUT2D eigenvalue weighted by molar-refractivity contribution is 5.74. The average molecular weight is 275 g/mol. The van der Waals surface area contributed by atoms with Gasteiger partial charge in [-0.15, -0.1) is 0 Å². The van der Waals surface area contributed by atoms with Crippen LogP contribution in [0.15, 0.2) is 36.1 Å². The van der Waals surface area contributed by atoms with E-state index in [0.717, 1.165) is 31.2 Å². The first-order valence-corrected chi connectivity index (χ1v) is 7.14. The normalized spacial score (nSPS) is 33.9. The number of hydrogen-bond donors (Lipinski definition) is 3. The van der Waals surface area contributed by atoms with Crippen molar-refractivity contribution in [1.82, 2.24) is 5.32 Å². The van der Waals surface area contributed by atoms with E-state index in [0.29, 0.717) is 11.3 Å². The largest absolute Gasteiger partial charge is 0.510 e. The second-order valence-corrected chi connectivity index (χ2v) is 5.69. The summed E-state index contributed by atoms with van der Waals surface area (Å²) in [5.74, 6) is 0.297. The lowest BCUT2D eigenvalue weighted by molar-refractivity contribution is 0.0341. The molecule has 0 amide bonds. The molecule has 1 heterocycles. The fraction of sp³-hybridized carbons (Fsp3) is 0.500. The zero-order valence-electron chi connectivity index (χ0n) is 11.7. The molecule has 0 aromatic heterocycles. The molecular formula is C16H21NO3. The number of ether oxygens (including phenoxy) is 1. The van der Waals surface area contributed by atoms with Crippen molar-refractivity contribution in [2.75, 3.05) is 7.11 Å². The predicted octanol–water partition coefficient (Wildman–Crippen LogP) is 2.21. The standard InChI is InChI=1S/C16H21NO3/c1-20-12-7-9-16(10-8-12)14(18)13(15(19)17-16)11-5-3-2-4-6-11/h2-6,12,15,17-19H,7-10H2,1H3. The van der Waals surface area contributed by atoms with Crippen LogP contribution in [0, 0.1) is 0 Å². The molecule has 1 spiro atoms. The van der Waals surface area contributed by atoms with E-state index in [1.165, 1.54) is 0 Å². The van der Waals surface area contributed by atoms with Crippen LogP contribution in [0.3, 0.4) is 0 Å².